The van der Waals surface area contributed by atoms with Crippen molar-refractivity contribution in [2.45, 2.75) is 302 Å². The van der Waals surface area contributed by atoms with Crippen LogP contribution in [0, 0.1) is 47.9 Å². The van der Waals surface area contributed by atoms with E-state index in [-0.39, 0.29) is 80.2 Å². The van der Waals surface area contributed by atoms with Crippen LogP contribution in [0.3, 0.4) is 0 Å². The van der Waals surface area contributed by atoms with Crippen molar-refractivity contribution >= 4 is 65.1 Å². The summed E-state index contributed by atoms with van der Waals surface area (Å²) in [5, 5.41) is 41.7. The number of methoxy groups -OCH3 is 2. The maximum atomic E-state index is 14.4. The second-order valence-electron chi connectivity index (χ2n) is 34.9. The number of carbonyl (C=O) groups excluding carboxylic acids is 7. The molecule has 0 radical (unpaired) electrons. The molecule has 8 N–H and O–H groups in total. The number of aromatic nitrogens is 3. The van der Waals surface area contributed by atoms with Crippen LogP contribution in [-0.4, -0.2) is 281 Å². The lowest BCUT2D eigenvalue weighted by Gasteiger charge is -2.46. The number of aryl methyl sites for hydroxylation is 1. The van der Waals surface area contributed by atoms with Gasteiger partial charge in [0.25, 0.3) is 0 Å². The second-order valence-corrected chi connectivity index (χ2v) is 35.2. The van der Waals surface area contributed by atoms with Gasteiger partial charge in [-0.25, -0.2) is 9.59 Å². The van der Waals surface area contributed by atoms with Crippen LogP contribution in [0.15, 0.2) is 59.8 Å². The van der Waals surface area contributed by atoms with Crippen LogP contribution in [0.4, 0.5) is 24.8 Å². The maximum Gasteiger partial charge on any atom is 0.410 e. The van der Waals surface area contributed by atoms with E-state index >= 15 is 0 Å². The number of amides is 3. The van der Waals surface area contributed by atoms with Crippen LogP contribution in [0.25, 0.3) is 21.7 Å². The topological polar surface area (TPSA) is 421 Å². The minimum Gasteiger partial charge on any atom is -0.458 e. The number of esters is 2. The Balaban J connectivity index is 0.000000334. The number of fused-ring (bicyclic) bond motifs is 2. The first kappa shape index (κ1) is 103. The van der Waals surface area contributed by atoms with Crippen molar-refractivity contribution in [2.75, 3.05) is 86.3 Å². The molecule has 7 heterocycles. The Morgan fingerprint density at radius 1 is 0.689 bits per heavy atom. The zero-order valence-electron chi connectivity index (χ0n) is 75.8. The summed E-state index contributed by atoms with van der Waals surface area (Å²) in [6.45, 7) is 30.6. The molecule has 6 fully saturated rings. The molecule has 0 bridgehead atoms. The van der Waals surface area contributed by atoms with Crippen molar-refractivity contribution in [1.29, 1.82) is 0 Å². The summed E-state index contributed by atoms with van der Waals surface area (Å²) in [7, 11) is 10.6. The van der Waals surface area contributed by atoms with Crippen LogP contribution >= 0.6 is 12.1 Å². The molecule has 3 aromatic rings. The van der Waals surface area contributed by atoms with E-state index in [9.17, 15) is 47.7 Å². The Kier molecular flexibility index (Phi) is 39.2. The number of hydrogen-bond donors (Lipinski definition) is 6. The Morgan fingerprint density at radius 3 is 1.57 bits per heavy atom. The standard InChI is InChI=1S/C43H69N7O9.C35H60N6O10.C8H7N.CH3FS/c1-12-34-43(8)37(50(41(54)59-43)19-14-13-18-49-24-32(46-47-49)30-16-15-17-31(44)21-30)29(6)45-23-25(2)22-42(7,55-11)38(27(4)35(51)28(5)39(53)57-34)58-40-36(52)33(48(9)10)20-26(3)56-40;1-12-25-35(8)28(41(33(46)51-35)16-14-13-15-37-39-36)23(6)38-30(44)19(2)18-34(7,47-11)29(21(4)26(42)22(5)31(45)49-25)50-32-27(43)24(40(9)10)17-20(3)48-32;1-2-7-4-3-5-8(9)6-7;1-3-2/h15-17,21,24-29,33-34,36-38,40,45,52H,12-14,18-20,22-23,44H2,1-11H3;19-25,27-29,32,43H,12-18H2,1-11H3,(H,38,44);1,3-6H,9H2;1H3/t25-,26?,27+,28?,29-,33?,34-,36?,37-,38-,40+,42-,43-;19-,20?,21+,22?,23-,24?,25-,27?,28-,29-,32+,34-,35-;;/m11../s1. The van der Waals surface area contributed by atoms with Gasteiger partial charge in [0.2, 0.25) is 5.91 Å². The molecule has 35 heteroatoms. The molecule has 6 aliphatic heterocycles. The van der Waals surface area contributed by atoms with Crippen molar-refractivity contribution in [3.63, 3.8) is 0 Å². The molecule has 8 unspecified atom stereocenters. The minimum atomic E-state index is -1.39. The molecular formula is C87H139FN14O19S. The number of aliphatic hydroxyl groups excluding tert-OH is 2. The van der Waals surface area contributed by atoms with Crippen LogP contribution in [0.5, 0.6) is 0 Å². The number of nitrogens with one attached hydrogen (secondary N) is 2. The quantitative estimate of drug-likeness (QED) is 0.00664. The summed E-state index contributed by atoms with van der Waals surface area (Å²) in [5.41, 5.74) is 18.9. The Morgan fingerprint density at radius 2 is 1.14 bits per heavy atom. The number of nitrogens with zero attached hydrogens (tertiary/aromatic N) is 10. The van der Waals surface area contributed by atoms with Crippen LogP contribution in [0.1, 0.15) is 181 Å². The highest BCUT2D eigenvalue weighted by molar-refractivity contribution is 7.93. The van der Waals surface area contributed by atoms with Gasteiger partial charge in [-0.3, -0.25) is 38.5 Å². The summed E-state index contributed by atoms with van der Waals surface area (Å²) < 4.78 is 74.2. The van der Waals surface area contributed by atoms with E-state index in [1.807, 2.05) is 122 Å². The number of nitrogen functional groups attached to an aromatic ring is 2. The third-order valence-corrected chi connectivity index (χ3v) is 24.9. The smallest absolute Gasteiger partial charge is 0.410 e. The van der Waals surface area contributed by atoms with Gasteiger partial charge in [-0.2, -0.15) is 3.89 Å². The lowest BCUT2D eigenvalue weighted by molar-refractivity contribution is -0.295. The summed E-state index contributed by atoms with van der Waals surface area (Å²) in [6.07, 6.45) is 3.51. The van der Waals surface area contributed by atoms with Gasteiger partial charge in [0.15, 0.2) is 35.3 Å². The molecule has 3 amide bonds. The van der Waals surface area contributed by atoms with E-state index in [0.29, 0.717) is 82.4 Å². The maximum absolute atomic E-state index is 14.4. The second kappa shape index (κ2) is 46.4. The number of ether oxygens (including phenoxy) is 10. The van der Waals surface area contributed by atoms with Gasteiger partial charge in [-0.1, -0.05) is 76.0 Å². The van der Waals surface area contributed by atoms with Gasteiger partial charge in [0.1, 0.15) is 41.9 Å². The van der Waals surface area contributed by atoms with Crippen molar-refractivity contribution in [2.24, 2.45) is 40.6 Å². The minimum absolute atomic E-state index is 0.0125. The summed E-state index contributed by atoms with van der Waals surface area (Å²) in [4.78, 5) is 108. The lowest BCUT2D eigenvalue weighted by Crippen LogP contribution is -2.61. The fraction of sp³-hybridized carbons (Fsp3) is 0.736. The van der Waals surface area contributed by atoms with E-state index in [1.165, 1.54) is 32.1 Å². The first-order valence-corrected chi connectivity index (χ1v) is 43.7. The van der Waals surface area contributed by atoms with Gasteiger partial charge in [0.05, 0.1) is 59.9 Å². The SMILES string of the molecule is C#Cc1cccc(N)c1.CC[C@H]1OC(=O)C(C)C(=O)[C@H](C)[C@@H](O[C@@H]2OC(C)CC(N(C)C)C2O)[C@](C)(OC)C[C@@H](C)C(=O)N[C@H](C)[C@H]2N(CCCCN=[N+]=[N-])C(=O)O[C@]12C.CC[C@H]1OC(=O)C(C)C(=O)[C@H](C)[C@@H](O[C@@H]2OC(C)CC(N(C)C)C2O)[C@](C)(OC)C[C@@H](C)CN[C@H](C)[C@H]2N(CCCCn3cc(-c4cccc(N)c4)nn3)C(=O)O[C@]12C.CSF. The fourth-order valence-corrected chi connectivity index (χ4v) is 18.1. The number of cyclic esters (lactones) is 2. The Labute approximate surface area is 724 Å². The molecule has 2 aromatic carbocycles. The fourth-order valence-electron chi connectivity index (χ4n) is 18.1. The van der Waals surface area contributed by atoms with Crippen molar-refractivity contribution in [3.8, 4) is 23.6 Å². The number of anilines is 2. The molecule has 0 aliphatic carbocycles. The number of terminal acetylenes is 1. The number of likely N-dealkylation sites (N-methyl/N-ethyl adjacent to an activating group) is 2. The molecular weight excluding hydrogens is 1600 g/mol. The highest BCUT2D eigenvalue weighted by Gasteiger charge is 2.61. The normalized spacial score (nSPS) is 35.1. The molecule has 9 rings (SSSR count). The Bertz CT molecular complexity index is 4010. The average Bonchev–Trinajstić information content (AvgIpc) is 1.61. The highest BCUT2D eigenvalue weighted by atomic mass is 32.2. The zero-order valence-corrected chi connectivity index (χ0v) is 76.6. The number of halogens is 1. The average molecular weight is 1740 g/mol. The van der Waals surface area contributed by atoms with E-state index in [2.05, 4.69) is 43.8 Å². The molecule has 122 heavy (non-hydrogen) atoms. The van der Waals surface area contributed by atoms with Gasteiger partial charge in [0, 0.05) is 122 Å². The number of benzene rings is 2. The van der Waals surface area contributed by atoms with Gasteiger partial charge < -0.3 is 89.5 Å². The third-order valence-electron chi connectivity index (χ3n) is 24.9. The Hall–Kier alpha value is -7.82. The molecule has 6 aliphatic rings. The zero-order chi connectivity index (χ0) is 91.2. The van der Waals surface area contributed by atoms with E-state index in [1.54, 1.807) is 77.3 Å². The number of aliphatic hydroxyl groups is 2. The first-order chi connectivity index (χ1) is 57.4. The van der Waals surface area contributed by atoms with E-state index in [4.69, 9.17) is 70.8 Å². The van der Waals surface area contributed by atoms with Gasteiger partial charge >= 0.3 is 24.1 Å². The number of carbonyl (C=O) groups is 7. The van der Waals surface area contributed by atoms with Crippen molar-refractivity contribution in [1.82, 2.24) is 45.2 Å². The molecule has 6 saturated heterocycles. The van der Waals surface area contributed by atoms with Crippen LogP contribution in [0.2, 0.25) is 0 Å². The van der Waals surface area contributed by atoms with Crippen molar-refractivity contribution < 1.29 is 95.0 Å². The summed E-state index contributed by atoms with van der Waals surface area (Å²) in [5.74, 6) is -5.20. The van der Waals surface area contributed by atoms with E-state index in [0.717, 1.165) is 16.8 Å². The van der Waals surface area contributed by atoms with Crippen LogP contribution in [-0.2, 0) is 77.9 Å². The molecule has 0 spiro atoms. The van der Waals surface area contributed by atoms with Crippen LogP contribution < -0.4 is 22.1 Å². The first-order valence-electron chi connectivity index (χ1n) is 42.6. The number of ketones is 2. The largest absolute Gasteiger partial charge is 0.458 e. The van der Waals surface area contributed by atoms with Gasteiger partial charge in [-0.15, -0.1) is 11.5 Å². The number of rotatable bonds is 21. The molecule has 26 atom stereocenters. The highest BCUT2D eigenvalue weighted by Crippen LogP contribution is 2.44. The monoisotopic (exact) mass is 1740 g/mol. The summed E-state index contributed by atoms with van der Waals surface area (Å²) >= 11 is 0.250. The predicted molar refractivity (Wildman–Crippen MR) is 462 cm³/mol. The predicted octanol–water partition coefficient (Wildman–Crippen LogP) is 10.3. The number of Topliss-reactive ketones (excluding diaryl/α,β-unsaturated/α-hetero) is 2. The lowest BCUT2D eigenvalue weighted by atomic mass is 9.78. The number of hydrogen-bond acceptors (Lipinski definition) is 28. The third kappa shape index (κ3) is 25.7. The summed E-state index contributed by atoms with van der Waals surface area (Å²) in [6, 6.07) is 12.0. The molecule has 684 valence electrons. The molecule has 33 nitrogen and oxygen atoms in total. The van der Waals surface area contributed by atoms with E-state index < -0.39 is 155 Å². The molecule has 0 saturated carbocycles. The number of azide groups is 1. The van der Waals surface area contributed by atoms with Crippen molar-refractivity contribution in [3.05, 3.63) is 70.7 Å². The molecule has 1 aromatic heterocycles. The number of unbranched alkanes of at least 4 members (excludes halogenated alkanes) is 2. The number of nitrogens with two attached hydrogens (primary N) is 2. The van der Waals surface area contributed by atoms with Gasteiger partial charge in [-0.05, 0) is 210 Å².